The first-order valence-corrected chi connectivity index (χ1v) is 9.05. The van der Waals surface area contributed by atoms with E-state index in [0.717, 1.165) is 6.42 Å². The summed E-state index contributed by atoms with van der Waals surface area (Å²) in [5, 5.41) is 5.52. The Morgan fingerprint density at radius 1 is 1.36 bits per heavy atom. The fourth-order valence-corrected chi connectivity index (χ4v) is 4.75. The quantitative estimate of drug-likeness (QED) is 0.855. The Balaban J connectivity index is 1.81. The molecule has 2 atom stereocenters. The van der Waals surface area contributed by atoms with Gasteiger partial charge in [0, 0.05) is 24.8 Å². The number of methoxy groups -OCH3 is 1. The molecule has 2 N–H and O–H groups in total. The number of carbonyl (C=O) groups excluding carboxylic acids is 3. The maximum atomic E-state index is 12.8. The molecule has 3 rings (SSSR count). The van der Waals surface area contributed by atoms with Gasteiger partial charge in [0.05, 0.1) is 17.7 Å². The molecule has 2 heterocycles. The molecule has 3 amide bonds. The summed E-state index contributed by atoms with van der Waals surface area (Å²) in [5.41, 5.74) is 1.02. The summed E-state index contributed by atoms with van der Waals surface area (Å²) < 4.78 is 5.28. The number of amides is 3. The highest BCUT2D eigenvalue weighted by atomic mass is 32.2. The van der Waals surface area contributed by atoms with E-state index >= 15 is 0 Å². The van der Waals surface area contributed by atoms with Gasteiger partial charge in [-0.15, -0.1) is 11.8 Å². The average molecular weight is 363 g/mol. The molecule has 0 radical (unpaired) electrons. The van der Waals surface area contributed by atoms with Crippen molar-refractivity contribution in [3.8, 4) is 5.75 Å². The number of nitrogens with one attached hydrogen (secondary N) is 2. The second kappa shape index (κ2) is 6.59. The van der Waals surface area contributed by atoms with Crippen LogP contribution in [0.25, 0.3) is 0 Å². The SMILES string of the molecule is COc1ccc(NC(C)=O)cc1NC(=O)C1CSC2(C)CCC(=O)N12. The van der Waals surface area contributed by atoms with Gasteiger partial charge in [-0.25, -0.2) is 0 Å². The van der Waals surface area contributed by atoms with Crippen LogP contribution in [0.3, 0.4) is 0 Å². The number of carbonyl (C=O) groups is 3. The van der Waals surface area contributed by atoms with E-state index < -0.39 is 6.04 Å². The van der Waals surface area contributed by atoms with Crippen molar-refractivity contribution in [2.45, 2.75) is 37.6 Å². The Morgan fingerprint density at radius 3 is 2.80 bits per heavy atom. The highest BCUT2D eigenvalue weighted by molar-refractivity contribution is 8.01. The molecule has 0 aromatic heterocycles. The van der Waals surface area contributed by atoms with Gasteiger partial charge in [0.25, 0.3) is 0 Å². The minimum absolute atomic E-state index is 0.0200. The monoisotopic (exact) mass is 363 g/mol. The number of anilines is 2. The molecule has 1 aromatic carbocycles. The van der Waals surface area contributed by atoms with Crippen LogP contribution in [-0.2, 0) is 14.4 Å². The van der Waals surface area contributed by atoms with Crippen molar-refractivity contribution in [1.82, 2.24) is 4.90 Å². The molecule has 134 valence electrons. The summed E-state index contributed by atoms with van der Waals surface area (Å²) >= 11 is 1.64. The normalized spacial score (nSPS) is 24.8. The molecule has 8 heteroatoms. The molecule has 2 aliphatic rings. The third-order valence-electron chi connectivity index (χ3n) is 4.53. The van der Waals surface area contributed by atoms with Crippen LogP contribution in [0.4, 0.5) is 11.4 Å². The minimum Gasteiger partial charge on any atom is -0.495 e. The lowest BCUT2D eigenvalue weighted by atomic mass is 10.2. The summed E-state index contributed by atoms with van der Waals surface area (Å²) in [6, 6.07) is 4.52. The highest BCUT2D eigenvalue weighted by Gasteiger charge is 2.52. The van der Waals surface area contributed by atoms with Gasteiger partial charge in [-0.3, -0.25) is 14.4 Å². The lowest BCUT2D eigenvalue weighted by Gasteiger charge is -2.30. The van der Waals surface area contributed by atoms with E-state index in [1.807, 2.05) is 6.92 Å². The Hall–Kier alpha value is -2.22. The van der Waals surface area contributed by atoms with Crippen molar-refractivity contribution in [1.29, 1.82) is 0 Å². The van der Waals surface area contributed by atoms with Crippen LogP contribution in [0.2, 0.25) is 0 Å². The van der Waals surface area contributed by atoms with Crippen molar-refractivity contribution in [3.05, 3.63) is 18.2 Å². The number of nitrogens with zero attached hydrogens (tertiary/aromatic N) is 1. The van der Waals surface area contributed by atoms with Crippen LogP contribution in [0.1, 0.15) is 26.7 Å². The number of hydrogen-bond acceptors (Lipinski definition) is 5. The molecule has 25 heavy (non-hydrogen) atoms. The van der Waals surface area contributed by atoms with Crippen molar-refractivity contribution in [2.75, 3.05) is 23.5 Å². The molecule has 0 bridgehead atoms. The van der Waals surface area contributed by atoms with E-state index in [9.17, 15) is 14.4 Å². The molecule has 2 aliphatic heterocycles. The second-order valence-electron chi connectivity index (χ2n) is 6.35. The molecule has 2 fully saturated rings. The molecule has 1 aromatic rings. The molecule has 0 aliphatic carbocycles. The van der Waals surface area contributed by atoms with Crippen molar-refractivity contribution < 1.29 is 19.1 Å². The Bertz CT molecular complexity index is 739. The van der Waals surface area contributed by atoms with E-state index in [1.54, 1.807) is 34.9 Å². The zero-order valence-electron chi connectivity index (χ0n) is 14.4. The smallest absolute Gasteiger partial charge is 0.248 e. The zero-order chi connectivity index (χ0) is 18.2. The number of benzene rings is 1. The molecular weight excluding hydrogens is 342 g/mol. The Kier molecular flexibility index (Phi) is 4.64. The Morgan fingerprint density at radius 2 is 2.12 bits per heavy atom. The number of hydrogen-bond donors (Lipinski definition) is 2. The van der Waals surface area contributed by atoms with Crippen LogP contribution in [-0.4, -0.2) is 46.4 Å². The maximum Gasteiger partial charge on any atom is 0.248 e. The van der Waals surface area contributed by atoms with E-state index in [0.29, 0.717) is 29.3 Å². The number of rotatable bonds is 4. The molecule has 2 unspecified atom stereocenters. The zero-order valence-corrected chi connectivity index (χ0v) is 15.2. The van der Waals surface area contributed by atoms with Crippen molar-refractivity contribution in [3.63, 3.8) is 0 Å². The molecule has 0 spiro atoms. The van der Waals surface area contributed by atoms with Gasteiger partial charge in [-0.2, -0.15) is 0 Å². The molecule has 2 saturated heterocycles. The lowest BCUT2D eigenvalue weighted by Crippen LogP contribution is -2.48. The summed E-state index contributed by atoms with van der Waals surface area (Å²) in [6.45, 7) is 3.42. The highest BCUT2D eigenvalue weighted by Crippen LogP contribution is 2.47. The van der Waals surface area contributed by atoms with E-state index in [2.05, 4.69) is 10.6 Å². The Labute approximate surface area is 150 Å². The number of fused-ring (bicyclic) bond motifs is 1. The largest absolute Gasteiger partial charge is 0.495 e. The summed E-state index contributed by atoms with van der Waals surface area (Å²) in [6.07, 6.45) is 1.25. The van der Waals surface area contributed by atoms with Crippen molar-refractivity contribution in [2.24, 2.45) is 0 Å². The second-order valence-corrected chi connectivity index (χ2v) is 7.85. The van der Waals surface area contributed by atoms with Gasteiger partial charge in [-0.1, -0.05) is 0 Å². The number of ether oxygens (including phenoxy) is 1. The third-order valence-corrected chi connectivity index (χ3v) is 6.03. The van der Waals surface area contributed by atoms with Crippen molar-refractivity contribution >= 4 is 40.9 Å². The maximum absolute atomic E-state index is 12.8. The first-order valence-electron chi connectivity index (χ1n) is 8.07. The fourth-order valence-electron chi connectivity index (χ4n) is 3.32. The van der Waals surface area contributed by atoms with E-state index in [1.165, 1.54) is 14.0 Å². The standard InChI is InChI=1S/C17H21N3O4S/c1-10(21)18-11-4-5-14(24-3)12(8-11)19-16(23)13-9-25-17(2)7-6-15(22)20(13)17/h4-5,8,13H,6-7,9H2,1-3H3,(H,18,21)(H,19,23). The summed E-state index contributed by atoms with van der Waals surface area (Å²) in [7, 11) is 1.51. The van der Waals surface area contributed by atoms with Gasteiger partial charge in [-0.05, 0) is 31.5 Å². The molecular formula is C17H21N3O4S. The van der Waals surface area contributed by atoms with Gasteiger partial charge < -0.3 is 20.3 Å². The number of thioether (sulfide) groups is 1. The summed E-state index contributed by atoms with van der Waals surface area (Å²) in [4.78, 5) is 37.6. The first-order chi connectivity index (χ1) is 11.8. The van der Waals surface area contributed by atoms with Crippen LogP contribution in [0.15, 0.2) is 18.2 Å². The predicted octanol–water partition coefficient (Wildman–Crippen LogP) is 2.05. The van der Waals surface area contributed by atoms with Crippen LogP contribution in [0, 0.1) is 0 Å². The van der Waals surface area contributed by atoms with Gasteiger partial charge in [0.2, 0.25) is 17.7 Å². The summed E-state index contributed by atoms with van der Waals surface area (Å²) in [5.74, 6) is 0.634. The molecule has 0 saturated carbocycles. The van der Waals surface area contributed by atoms with Crippen LogP contribution in [0.5, 0.6) is 5.75 Å². The van der Waals surface area contributed by atoms with Crippen LogP contribution < -0.4 is 15.4 Å². The van der Waals surface area contributed by atoms with E-state index in [-0.39, 0.29) is 22.6 Å². The van der Waals surface area contributed by atoms with E-state index in [4.69, 9.17) is 4.74 Å². The average Bonchev–Trinajstić information content (AvgIpc) is 3.04. The van der Waals surface area contributed by atoms with Gasteiger partial charge in [0.15, 0.2) is 0 Å². The predicted molar refractivity (Wildman–Crippen MR) is 96.7 cm³/mol. The first kappa shape index (κ1) is 17.6. The topological polar surface area (TPSA) is 87.7 Å². The lowest BCUT2D eigenvalue weighted by molar-refractivity contribution is -0.135. The fraction of sp³-hybridized carbons (Fsp3) is 0.471. The van der Waals surface area contributed by atoms with Gasteiger partial charge >= 0.3 is 0 Å². The molecule has 7 nitrogen and oxygen atoms in total. The minimum atomic E-state index is -0.501. The van der Waals surface area contributed by atoms with Crippen LogP contribution >= 0.6 is 11.8 Å². The van der Waals surface area contributed by atoms with Gasteiger partial charge in [0.1, 0.15) is 11.8 Å². The third kappa shape index (κ3) is 3.30.